The lowest BCUT2D eigenvalue weighted by Gasteiger charge is -2.21. The molecule has 7 nitrogen and oxygen atoms in total. The fourth-order valence-corrected chi connectivity index (χ4v) is 4.29. The highest BCUT2D eigenvalue weighted by Crippen LogP contribution is 2.41. The van der Waals surface area contributed by atoms with Crippen molar-refractivity contribution in [2.75, 3.05) is 11.5 Å². The number of hydrogen-bond acceptors (Lipinski definition) is 7. The fraction of sp³-hybridized carbons (Fsp3) is 0.194. The predicted octanol–water partition coefficient (Wildman–Crippen LogP) is 5.90. The van der Waals surface area contributed by atoms with Crippen molar-refractivity contribution in [2.45, 2.75) is 38.9 Å². The molecule has 2 unspecified atom stereocenters. The van der Waals surface area contributed by atoms with Gasteiger partial charge in [0, 0.05) is 35.1 Å². The number of carbonyl (C=O) groups excluding carboxylic acids is 1. The first-order valence-electron chi connectivity index (χ1n) is 12.4. The molecule has 6 N–H and O–H groups in total. The molecule has 0 bridgehead atoms. The zero-order chi connectivity index (χ0) is 27.2. The number of benzene rings is 4. The van der Waals surface area contributed by atoms with Crippen LogP contribution in [0.4, 0.5) is 11.4 Å². The van der Waals surface area contributed by atoms with Crippen molar-refractivity contribution in [2.24, 2.45) is 0 Å². The average molecular weight is 513 g/mol. The lowest BCUT2D eigenvalue weighted by atomic mass is 9.84. The predicted molar refractivity (Wildman–Crippen MR) is 148 cm³/mol. The van der Waals surface area contributed by atoms with Gasteiger partial charge in [-0.25, -0.2) is 0 Å². The maximum absolute atomic E-state index is 13.6. The Morgan fingerprint density at radius 1 is 0.684 bits per heavy atom. The number of ether oxygens (including phenoxy) is 2. The molecule has 0 aliphatic heterocycles. The second kappa shape index (κ2) is 11.6. The monoisotopic (exact) mass is 512 g/mol. The number of aromatic hydroxyl groups is 2. The van der Waals surface area contributed by atoms with E-state index >= 15 is 0 Å². The molecular formula is C31H32N2O5. The van der Waals surface area contributed by atoms with Gasteiger partial charge in [0.05, 0.1) is 11.4 Å². The molecule has 0 saturated heterocycles. The third kappa shape index (κ3) is 6.00. The molecule has 0 aliphatic carbocycles. The number of carbonyl (C=O) groups is 1. The van der Waals surface area contributed by atoms with E-state index in [1.54, 1.807) is 26.0 Å². The van der Waals surface area contributed by atoms with E-state index in [0.29, 0.717) is 35.8 Å². The quantitative estimate of drug-likeness (QED) is 0.154. The second-order valence-corrected chi connectivity index (χ2v) is 9.29. The van der Waals surface area contributed by atoms with Gasteiger partial charge in [-0.15, -0.1) is 0 Å². The maximum Gasteiger partial charge on any atom is 0.147 e. The summed E-state index contributed by atoms with van der Waals surface area (Å²) < 4.78 is 11.8. The van der Waals surface area contributed by atoms with Crippen molar-refractivity contribution in [3.8, 4) is 23.0 Å². The molecule has 0 fully saturated rings. The zero-order valence-electron chi connectivity index (χ0n) is 21.4. The highest BCUT2D eigenvalue weighted by atomic mass is 16.5. The Morgan fingerprint density at radius 2 is 1.05 bits per heavy atom. The van der Waals surface area contributed by atoms with Crippen LogP contribution in [0.3, 0.4) is 0 Å². The Hall–Kier alpha value is -4.65. The molecular weight excluding hydrogens is 480 g/mol. The average Bonchev–Trinajstić information content (AvgIpc) is 2.94. The number of nitrogen functional groups attached to an aromatic ring is 2. The van der Waals surface area contributed by atoms with E-state index < -0.39 is 11.8 Å². The van der Waals surface area contributed by atoms with Gasteiger partial charge in [-0.3, -0.25) is 4.79 Å². The van der Waals surface area contributed by atoms with Crippen LogP contribution in [0.15, 0.2) is 84.9 Å². The molecule has 4 rings (SSSR count). The number of phenolic OH excluding ortho intramolecular Hbond substituents is 2. The summed E-state index contributed by atoms with van der Waals surface area (Å²) in [7, 11) is 0. The minimum Gasteiger partial charge on any atom is -0.505 e. The first-order valence-corrected chi connectivity index (χ1v) is 12.4. The van der Waals surface area contributed by atoms with Crippen LogP contribution in [0, 0.1) is 0 Å². The van der Waals surface area contributed by atoms with Crippen molar-refractivity contribution in [1.82, 2.24) is 0 Å². The van der Waals surface area contributed by atoms with Crippen LogP contribution in [0.1, 0.15) is 47.9 Å². The van der Waals surface area contributed by atoms with Crippen LogP contribution in [-0.4, -0.2) is 16.0 Å². The van der Waals surface area contributed by atoms with E-state index in [9.17, 15) is 15.0 Å². The Labute approximate surface area is 222 Å². The number of hydrogen-bond donors (Lipinski definition) is 4. The highest BCUT2D eigenvalue weighted by Gasteiger charge is 2.29. The zero-order valence-corrected chi connectivity index (χ0v) is 21.4. The van der Waals surface area contributed by atoms with Gasteiger partial charge in [0.25, 0.3) is 0 Å². The lowest BCUT2D eigenvalue weighted by molar-refractivity contribution is -0.121. The molecule has 0 amide bonds. The topological polar surface area (TPSA) is 128 Å². The maximum atomic E-state index is 13.6. The van der Waals surface area contributed by atoms with Gasteiger partial charge in [0.2, 0.25) is 0 Å². The molecule has 7 heteroatoms. The highest BCUT2D eigenvalue weighted by molar-refractivity contribution is 5.93. The van der Waals surface area contributed by atoms with Gasteiger partial charge >= 0.3 is 0 Å². The molecule has 0 aromatic heterocycles. The van der Waals surface area contributed by atoms with Crippen LogP contribution in [0.2, 0.25) is 0 Å². The number of Topliss-reactive ketones (excluding diaryl/α,β-unsaturated/α-hetero) is 1. The fourth-order valence-electron chi connectivity index (χ4n) is 4.29. The first-order chi connectivity index (χ1) is 18.2. The Morgan fingerprint density at radius 3 is 1.42 bits per heavy atom. The summed E-state index contributed by atoms with van der Waals surface area (Å²) in [4.78, 5) is 13.6. The molecule has 0 spiro atoms. The van der Waals surface area contributed by atoms with Gasteiger partial charge in [0.15, 0.2) is 0 Å². The van der Waals surface area contributed by atoms with E-state index in [1.165, 1.54) is 12.1 Å². The van der Waals surface area contributed by atoms with Crippen LogP contribution in [-0.2, 0) is 18.0 Å². The van der Waals surface area contributed by atoms with Crippen molar-refractivity contribution < 1.29 is 24.5 Å². The van der Waals surface area contributed by atoms with Gasteiger partial charge in [-0.2, -0.15) is 0 Å². The summed E-state index contributed by atoms with van der Waals surface area (Å²) in [5.74, 6) is -1.20. The largest absolute Gasteiger partial charge is 0.505 e. The minimum absolute atomic E-state index is 0.112. The van der Waals surface area contributed by atoms with Gasteiger partial charge in [-0.1, -0.05) is 74.5 Å². The van der Waals surface area contributed by atoms with Crippen molar-refractivity contribution in [3.05, 3.63) is 107 Å². The Bertz CT molecular complexity index is 1300. The summed E-state index contributed by atoms with van der Waals surface area (Å²) in [6.07, 6.45) is 0. The third-order valence-corrected chi connectivity index (χ3v) is 6.57. The molecule has 38 heavy (non-hydrogen) atoms. The van der Waals surface area contributed by atoms with E-state index in [0.717, 1.165) is 11.1 Å². The number of nitrogens with two attached hydrogens (primary N) is 2. The SMILES string of the molecule is CC(C(=O)C(C)c1cc(OCc2ccccc2)cc(N)c1O)c1cc(OCc2ccccc2)cc(N)c1O. The number of phenols is 2. The molecule has 0 radical (unpaired) electrons. The number of anilines is 2. The summed E-state index contributed by atoms with van der Waals surface area (Å²) in [5, 5.41) is 21.4. The standard InChI is InChI=1S/C31H32N2O5/c1-19(25-13-23(15-27(32)30(25)35)37-17-21-9-5-3-6-10-21)29(34)20(2)26-14-24(16-28(33)31(26)36)38-18-22-11-7-4-8-12-22/h3-16,19-20,35-36H,17-18,32-33H2,1-2H3. The Kier molecular flexibility index (Phi) is 8.06. The van der Waals surface area contributed by atoms with E-state index in [2.05, 4.69) is 0 Å². The van der Waals surface area contributed by atoms with Crippen LogP contribution in [0.25, 0.3) is 0 Å². The summed E-state index contributed by atoms with van der Waals surface area (Å²) in [6.45, 7) is 3.99. The van der Waals surface area contributed by atoms with Gasteiger partial charge in [-0.05, 0) is 23.3 Å². The molecule has 4 aromatic rings. The van der Waals surface area contributed by atoms with Crippen LogP contribution < -0.4 is 20.9 Å². The lowest BCUT2D eigenvalue weighted by Crippen LogP contribution is -2.17. The first kappa shape index (κ1) is 26.4. The normalized spacial score (nSPS) is 12.5. The second-order valence-electron chi connectivity index (χ2n) is 9.29. The molecule has 0 aliphatic rings. The minimum atomic E-state index is -0.748. The molecule has 2 atom stereocenters. The molecule has 4 aromatic carbocycles. The van der Waals surface area contributed by atoms with Gasteiger partial charge in [0.1, 0.15) is 42.0 Å². The van der Waals surface area contributed by atoms with Crippen LogP contribution in [0.5, 0.6) is 23.0 Å². The van der Waals surface area contributed by atoms with E-state index in [4.69, 9.17) is 20.9 Å². The Balaban J connectivity index is 1.54. The van der Waals surface area contributed by atoms with E-state index in [1.807, 2.05) is 60.7 Å². The number of ketones is 1. The summed E-state index contributed by atoms with van der Waals surface area (Å²) in [6, 6.07) is 25.6. The van der Waals surface area contributed by atoms with Crippen molar-refractivity contribution >= 4 is 17.2 Å². The molecule has 0 heterocycles. The number of rotatable bonds is 10. The molecule has 196 valence electrons. The van der Waals surface area contributed by atoms with Crippen molar-refractivity contribution in [3.63, 3.8) is 0 Å². The van der Waals surface area contributed by atoms with Gasteiger partial charge < -0.3 is 31.2 Å². The van der Waals surface area contributed by atoms with Crippen LogP contribution >= 0.6 is 0 Å². The van der Waals surface area contributed by atoms with Crippen molar-refractivity contribution in [1.29, 1.82) is 0 Å². The van der Waals surface area contributed by atoms with E-state index in [-0.39, 0.29) is 28.7 Å². The molecule has 0 saturated carbocycles. The summed E-state index contributed by atoms with van der Waals surface area (Å²) in [5.41, 5.74) is 14.9. The third-order valence-electron chi connectivity index (χ3n) is 6.57. The summed E-state index contributed by atoms with van der Waals surface area (Å²) >= 11 is 0. The smallest absolute Gasteiger partial charge is 0.147 e.